The lowest BCUT2D eigenvalue weighted by Crippen LogP contribution is -2.12. The molecule has 4 heteroatoms. The molecular formula is C18H11FN2O. The van der Waals surface area contributed by atoms with E-state index in [2.05, 4.69) is 4.98 Å². The maximum Gasteiger partial charge on any atom is 0.281 e. The number of rotatable bonds is 1. The van der Waals surface area contributed by atoms with Crippen LogP contribution in [-0.2, 0) is 0 Å². The molecule has 0 aliphatic carbocycles. The van der Waals surface area contributed by atoms with Crippen molar-refractivity contribution in [2.45, 2.75) is 0 Å². The number of halogens is 1. The molecule has 0 N–H and O–H groups in total. The maximum absolute atomic E-state index is 14.2. The van der Waals surface area contributed by atoms with Gasteiger partial charge in [0, 0.05) is 17.8 Å². The van der Waals surface area contributed by atoms with Gasteiger partial charge in [-0.05, 0) is 35.0 Å². The second-order valence-corrected chi connectivity index (χ2v) is 5.08. The Morgan fingerprint density at radius 3 is 2.45 bits per heavy atom. The van der Waals surface area contributed by atoms with E-state index in [0.29, 0.717) is 10.9 Å². The van der Waals surface area contributed by atoms with Crippen LogP contribution in [0, 0.1) is 5.82 Å². The molecule has 0 fully saturated rings. The van der Waals surface area contributed by atoms with E-state index in [1.807, 2.05) is 30.3 Å². The van der Waals surface area contributed by atoms with Crippen molar-refractivity contribution >= 4 is 27.6 Å². The average molecular weight is 290 g/mol. The van der Waals surface area contributed by atoms with E-state index in [1.165, 1.54) is 10.8 Å². The van der Waals surface area contributed by atoms with Crippen molar-refractivity contribution in [1.82, 2.24) is 9.55 Å². The first-order chi connectivity index (χ1) is 10.7. The van der Waals surface area contributed by atoms with Crippen LogP contribution in [0.2, 0.25) is 0 Å². The van der Waals surface area contributed by atoms with E-state index in [0.717, 1.165) is 10.8 Å². The normalized spacial score (nSPS) is 11.1. The quantitative estimate of drug-likeness (QED) is 0.531. The third-order valence-corrected chi connectivity index (χ3v) is 3.73. The van der Waals surface area contributed by atoms with Gasteiger partial charge in [0.15, 0.2) is 0 Å². The molecule has 0 spiro atoms. The zero-order valence-corrected chi connectivity index (χ0v) is 11.5. The molecule has 0 aliphatic heterocycles. The van der Waals surface area contributed by atoms with E-state index in [9.17, 15) is 9.18 Å². The first kappa shape index (κ1) is 12.7. The van der Waals surface area contributed by atoms with Gasteiger partial charge in [-0.1, -0.05) is 30.3 Å². The van der Waals surface area contributed by atoms with E-state index >= 15 is 0 Å². The van der Waals surface area contributed by atoms with Gasteiger partial charge >= 0.3 is 0 Å². The summed E-state index contributed by atoms with van der Waals surface area (Å²) in [5.74, 6) is -0.755. The highest BCUT2D eigenvalue weighted by atomic mass is 19.1. The highest BCUT2D eigenvalue weighted by molar-refractivity contribution is 6.05. The number of fused-ring (bicyclic) bond motifs is 2. The third-order valence-electron chi connectivity index (χ3n) is 3.73. The molecule has 3 nitrogen and oxygen atoms in total. The van der Waals surface area contributed by atoms with E-state index in [4.69, 9.17) is 0 Å². The van der Waals surface area contributed by atoms with Crippen LogP contribution in [0.3, 0.4) is 0 Å². The fourth-order valence-electron chi connectivity index (χ4n) is 2.65. The zero-order valence-electron chi connectivity index (χ0n) is 11.5. The molecule has 0 saturated carbocycles. The van der Waals surface area contributed by atoms with Gasteiger partial charge in [-0.2, -0.15) is 0 Å². The topological polar surface area (TPSA) is 34.9 Å². The third kappa shape index (κ3) is 1.89. The Balaban J connectivity index is 1.98. The monoisotopic (exact) mass is 290 g/mol. The van der Waals surface area contributed by atoms with Crippen molar-refractivity contribution in [1.29, 1.82) is 0 Å². The number of carbonyl (C=O) groups is 1. The number of benzene rings is 2. The number of carbonyl (C=O) groups excluding carboxylic acids is 1. The van der Waals surface area contributed by atoms with Crippen molar-refractivity contribution in [3.8, 4) is 0 Å². The highest BCUT2D eigenvalue weighted by Crippen LogP contribution is 2.26. The van der Waals surface area contributed by atoms with E-state index in [1.54, 1.807) is 30.5 Å². The predicted octanol–water partition coefficient (Wildman–Crippen LogP) is 4.02. The minimum absolute atomic E-state index is 0.285. The molecular weight excluding hydrogens is 279 g/mol. The Kier molecular flexibility index (Phi) is 2.76. The molecule has 2 heterocycles. The smallest absolute Gasteiger partial charge is 0.279 e. The molecule has 0 saturated heterocycles. The molecule has 0 radical (unpaired) electrons. The fourth-order valence-corrected chi connectivity index (χ4v) is 2.65. The standard InChI is InChI=1S/C18H11FN2O/c19-15-11-21(18(22)16-7-3-4-8-20-16)17-10-13-6-2-1-5-12(13)9-14(15)17/h1-11H. The lowest BCUT2D eigenvalue weighted by Gasteiger charge is -2.04. The van der Waals surface area contributed by atoms with Crippen molar-refractivity contribution in [2.75, 3.05) is 0 Å². The highest BCUT2D eigenvalue weighted by Gasteiger charge is 2.16. The van der Waals surface area contributed by atoms with Crippen molar-refractivity contribution in [3.63, 3.8) is 0 Å². The molecule has 106 valence electrons. The van der Waals surface area contributed by atoms with E-state index in [-0.39, 0.29) is 11.6 Å². The lowest BCUT2D eigenvalue weighted by molar-refractivity contribution is 0.0959. The molecule has 0 amide bonds. The van der Waals surface area contributed by atoms with Crippen LogP contribution in [0.4, 0.5) is 4.39 Å². The first-order valence-electron chi connectivity index (χ1n) is 6.89. The summed E-state index contributed by atoms with van der Waals surface area (Å²) in [6.07, 6.45) is 2.77. The van der Waals surface area contributed by atoms with Gasteiger partial charge in [0.25, 0.3) is 5.91 Å². The Morgan fingerprint density at radius 2 is 1.73 bits per heavy atom. The molecule has 0 bridgehead atoms. The lowest BCUT2D eigenvalue weighted by atomic mass is 10.1. The largest absolute Gasteiger partial charge is 0.281 e. The van der Waals surface area contributed by atoms with Gasteiger partial charge in [0.05, 0.1) is 5.52 Å². The van der Waals surface area contributed by atoms with Crippen molar-refractivity contribution < 1.29 is 9.18 Å². The molecule has 4 rings (SSSR count). The van der Waals surface area contributed by atoms with Crippen LogP contribution in [0.25, 0.3) is 21.7 Å². The maximum atomic E-state index is 14.2. The molecule has 0 unspecified atom stereocenters. The van der Waals surface area contributed by atoms with Gasteiger partial charge in [-0.15, -0.1) is 0 Å². The first-order valence-corrected chi connectivity index (χ1v) is 6.89. The van der Waals surface area contributed by atoms with Gasteiger partial charge < -0.3 is 0 Å². The Labute approximate surface area is 125 Å². The van der Waals surface area contributed by atoms with Gasteiger partial charge in [0.2, 0.25) is 0 Å². The number of nitrogens with zero attached hydrogens (tertiary/aromatic N) is 2. The molecule has 0 aliphatic rings. The Bertz CT molecular complexity index is 1010. The van der Waals surface area contributed by atoms with Crippen molar-refractivity contribution in [2.24, 2.45) is 0 Å². The summed E-state index contributed by atoms with van der Waals surface area (Å²) in [4.78, 5) is 16.6. The van der Waals surface area contributed by atoms with Gasteiger partial charge in [-0.25, -0.2) is 4.39 Å². The SMILES string of the molecule is O=C(c1ccccn1)n1cc(F)c2cc3ccccc3cc21. The summed E-state index contributed by atoms with van der Waals surface area (Å²) in [6, 6.07) is 16.4. The second-order valence-electron chi connectivity index (χ2n) is 5.08. The number of hydrogen-bond acceptors (Lipinski definition) is 2. The molecule has 4 aromatic rings. The van der Waals surface area contributed by atoms with Gasteiger partial charge in [0.1, 0.15) is 11.5 Å². The fraction of sp³-hybridized carbons (Fsp3) is 0. The molecule has 0 atom stereocenters. The minimum Gasteiger partial charge on any atom is -0.279 e. The van der Waals surface area contributed by atoms with Crippen LogP contribution in [0.5, 0.6) is 0 Å². The van der Waals surface area contributed by atoms with Crippen LogP contribution in [0.15, 0.2) is 67.0 Å². The summed E-state index contributed by atoms with van der Waals surface area (Å²) in [7, 11) is 0. The predicted molar refractivity (Wildman–Crippen MR) is 83.4 cm³/mol. The summed E-state index contributed by atoms with van der Waals surface area (Å²) in [5.41, 5.74) is 0.833. The summed E-state index contributed by atoms with van der Waals surface area (Å²) >= 11 is 0. The summed E-state index contributed by atoms with van der Waals surface area (Å²) < 4.78 is 15.5. The van der Waals surface area contributed by atoms with Gasteiger partial charge in [-0.3, -0.25) is 14.3 Å². The number of pyridine rings is 1. The second kappa shape index (κ2) is 4.77. The van der Waals surface area contributed by atoms with E-state index < -0.39 is 5.82 Å². The van der Waals surface area contributed by atoms with Crippen LogP contribution >= 0.6 is 0 Å². The minimum atomic E-state index is -0.412. The Hall–Kier alpha value is -3.01. The van der Waals surface area contributed by atoms with Crippen LogP contribution < -0.4 is 0 Å². The average Bonchev–Trinajstić information content (AvgIpc) is 2.89. The molecule has 22 heavy (non-hydrogen) atoms. The summed E-state index contributed by atoms with van der Waals surface area (Å²) in [5, 5.41) is 2.34. The van der Waals surface area contributed by atoms with Crippen LogP contribution in [0.1, 0.15) is 10.5 Å². The Morgan fingerprint density at radius 1 is 1.00 bits per heavy atom. The van der Waals surface area contributed by atoms with Crippen LogP contribution in [-0.4, -0.2) is 15.5 Å². The number of aromatic nitrogens is 2. The van der Waals surface area contributed by atoms with Crippen molar-refractivity contribution in [3.05, 3.63) is 78.5 Å². The molecule has 2 aromatic heterocycles. The zero-order chi connectivity index (χ0) is 15.1. The number of hydrogen-bond donors (Lipinski definition) is 0. The molecule has 2 aromatic carbocycles. The summed E-state index contributed by atoms with van der Waals surface area (Å²) in [6.45, 7) is 0.